The Morgan fingerprint density at radius 3 is 1.80 bits per heavy atom. The highest BCUT2D eigenvalue weighted by Gasteiger charge is 2.26. The molecule has 0 aliphatic carbocycles. The molecule has 2 aromatic carbocycles. The lowest BCUT2D eigenvalue weighted by atomic mass is 9.79. The molecule has 44 heavy (non-hydrogen) atoms. The van der Waals surface area contributed by atoms with Crippen LogP contribution in [0.5, 0.6) is 0 Å². The number of amides is 2. The smallest absolute Gasteiger partial charge is 0.376 e. The van der Waals surface area contributed by atoms with E-state index in [0.29, 0.717) is 5.92 Å². The minimum atomic E-state index is -0.407. The van der Waals surface area contributed by atoms with Gasteiger partial charge in [0.2, 0.25) is 11.8 Å². The van der Waals surface area contributed by atoms with Gasteiger partial charge in [0.05, 0.1) is 0 Å². The Morgan fingerprint density at radius 2 is 1.32 bits per heavy atom. The summed E-state index contributed by atoms with van der Waals surface area (Å²) in [5.74, 6) is 0.551. The molecular weight excluding hydrogens is 550 g/mol. The van der Waals surface area contributed by atoms with E-state index in [1.54, 1.807) is 6.82 Å². The molecular formula is C34H52B2N4O4. The van der Waals surface area contributed by atoms with Gasteiger partial charge in [-0.05, 0) is 124 Å². The standard InChI is InChI=1S/C17H27BN2O2.C17H25BN2O2/c2*1-12(2)17(21)19-15-6-5-13(3)16(11-15)14-7-9-20(10-8-14)18(4)22/h5-6,11-12,14,22H,7-10H2,1-4H3,(H,19,21);5-7,11-12,22H,8-10H2,1-4H3,(H,19,21). The van der Waals surface area contributed by atoms with Gasteiger partial charge in [-0.15, -0.1) is 0 Å². The van der Waals surface area contributed by atoms with Crippen LogP contribution in [0.2, 0.25) is 13.6 Å². The fourth-order valence-electron chi connectivity index (χ4n) is 5.63. The van der Waals surface area contributed by atoms with Gasteiger partial charge >= 0.3 is 14.1 Å². The van der Waals surface area contributed by atoms with E-state index in [9.17, 15) is 19.6 Å². The van der Waals surface area contributed by atoms with Crippen LogP contribution in [0.15, 0.2) is 42.5 Å². The highest BCUT2D eigenvalue weighted by atomic mass is 16.2. The zero-order valence-corrected chi connectivity index (χ0v) is 28.0. The van der Waals surface area contributed by atoms with Crippen LogP contribution >= 0.6 is 0 Å². The van der Waals surface area contributed by atoms with E-state index in [4.69, 9.17) is 0 Å². The van der Waals surface area contributed by atoms with Crippen LogP contribution < -0.4 is 10.6 Å². The first-order valence-electron chi connectivity index (χ1n) is 16.1. The van der Waals surface area contributed by atoms with E-state index in [-0.39, 0.29) is 30.7 Å². The summed E-state index contributed by atoms with van der Waals surface area (Å²) < 4.78 is 0. The summed E-state index contributed by atoms with van der Waals surface area (Å²) in [5.41, 5.74) is 8.02. The Morgan fingerprint density at radius 1 is 0.795 bits per heavy atom. The number of carbonyl (C=O) groups excluding carboxylic acids is 2. The van der Waals surface area contributed by atoms with Crippen molar-refractivity contribution in [1.82, 2.24) is 9.62 Å². The lowest BCUT2D eigenvalue weighted by molar-refractivity contribution is -0.119. The molecule has 10 heteroatoms. The molecule has 2 heterocycles. The van der Waals surface area contributed by atoms with Gasteiger partial charge in [0.15, 0.2) is 0 Å². The summed E-state index contributed by atoms with van der Waals surface area (Å²) in [6, 6.07) is 12.2. The number of hydrogen-bond donors (Lipinski definition) is 4. The molecule has 0 atom stereocenters. The van der Waals surface area contributed by atoms with Gasteiger partial charge in [0, 0.05) is 29.8 Å². The van der Waals surface area contributed by atoms with Crippen LogP contribution in [-0.4, -0.2) is 71.8 Å². The van der Waals surface area contributed by atoms with E-state index in [0.717, 1.165) is 56.8 Å². The predicted octanol–water partition coefficient (Wildman–Crippen LogP) is 5.67. The minimum absolute atomic E-state index is 0.0148. The van der Waals surface area contributed by atoms with Gasteiger partial charge in [-0.2, -0.15) is 0 Å². The monoisotopic (exact) mass is 602 g/mol. The average molecular weight is 602 g/mol. The number of hydrogen-bond acceptors (Lipinski definition) is 6. The predicted molar refractivity (Wildman–Crippen MR) is 185 cm³/mol. The van der Waals surface area contributed by atoms with Crippen molar-refractivity contribution >= 4 is 42.9 Å². The maximum atomic E-state index is 11.9. The summed E-state index contributed by atoms with van der Waals surface area (Å²) in [6.07, 6.45) is 5.18. The molecule has 0 spiro atoms. The molecule has 0 bridgehead atoms. The third kappa shape index (κ3) is 10.1. The molecule has 0 aromatic heterocycles. The summed E-state index contributed by atoms with van der Waals surface area (Å²) >= 11 is 0. The van der Waals surface area contributed by atoms with Crippen molar-refractivity contribution in [3.63, 3.8) is 0 Å². The number of carbonyl (C=O) groups is 2. The van der Waals surface area contributed by atoms with Crippen LogP contribution in [0, 0.1) is 25.7 Å². The van der Waals surface area contributed by atoms with E-state index < -0.39 is 7.05 Å². The molecule has 2 aromatic rings. The summed E-state index contributed by atoms with van der Waals surface area (Å²) in [7, 11) is -0.769. The normalized spacial score (nSPS) is 16.2. The lowest BCUT2D eigenvalue weighted by Crippen LogP contribution is -2.42. The van der Waals surface area contributed by atoms with Gasteiger partial charge < -0.3 is 30.3 Å². The van der Waals surface area contributed by atoms with Gasteiger partial charge in [-0.1, -0.05) is 45.9 Å². The molecule has 238 valence electrons. The van der Waals surface area contributed by atoms with Crippen LogP contribution in [-0.2, 0) is 9.59 Å². The van der Waals surface area contributed by atoms with Gasteiger partial charge in [0.1, 0.15) is 0 Å². The van der Waals surface area contributed by atoms with Crippen molar-refractivity contribution in [2.45, 2.75) is 80.4 Å². The van der Waals surface area contributed by atoms with Crippen LogP contribution in [0.4, 0.5) is 11.4 Å². The lowest BCUT2D eigenvalue weighted by Gasteiger charge is -2.33. The first kappa shape index (κ1) is 35.6. The fraction of sp³-hybridized carbons (Fsp3) is 0.529. The van der Waals surface area contributed by atoms with Crippen molar-refractivity contribution < 1.29 is 19.6 Å². The molecule has 1 fully saturated rings. The molecule has 4 N–H and O–H groups in total. The Kier molecular flexibility index (Phi) is 13.3. The molecule has 0 saturated carbocycles. The SMILES string of the molecule is CB(O)N1CC=C(c2cc(NC(=O)C(C)C)ccc2C)CC1.CB(O)N1CCC(c2cc(NC(=O)C(C)C)ccc2C)CC1. The Balaban J connectivity index is 0.000000240. The van der Waals surface area contributed by atoms with Crippen molar-refractivity contribution in [3.8, 4) is 0 Å². The Hall–Kier alpha value is -2.91. The molecule has 0 radical (unpaired) electrons. The van der Waals surface area contributed by atoms with Crippen LogP contribution in [0.25, 0.3) is 5.57 Å². The minimum Gasteiger partial charge on any atom is -0.437 e. The quantitative estimate of drug-likeness (QED) is 0.291. The maximum Gasteiger partial charge on any atom is 0.376 e. The summed E-state index contributed by atoms with van der Waals surface area (Å²) in [4.78, 5) is 27.8. The van der Waals surface area contributed by atoms with Crippen molar-refractivity contribution in [2.24, 2.45) is 11.8 Å². The van der Waals surface area contributed by atoms with E-state index in [1.807, 2.05) is 57.5 Å². The number of anilines is 2. The second kappa shape index (κ2) is 16.4. The molecule has 2 amide bonds. The fourth-order valence-corrected chi connectivity index (χ4v) is 5.63. The number of nitrogens with zero attached hydrogens (tertiary/aromatic N) is 2. The third-order valence-electron chi connectivity index (χ3n) is 8.71. The zero-order chi connectivity index (χ0) is 32.6. The Bertz CT molecular complexity index is 1300. The third-order valence-corrected chi connectivity index (χ3v) is 8.71. The van der Waals surface area contributed by atoms with E-state index >= 15 is 0 Å². The maximum absolute atomic E-state index is 11.9. The number of piperidine rings is 1. The molecule has 4 rings (SSSR count). The average Bonchev–Trinajstić information content (AvgIpc) is 2.99. The number of aryl methyl sites for hydroxylation is 2. The van der Waals surface area contributed by atoms with Crippen LogP contribution in [0.3, 0.4) is 0 Å². The van der Waals surface area contributed by atoms with Crippen molar-refractivity contribution in [1.29, 1.82) is 0 Å². The zero-order valence-electron chi connectivity index (χ0n) is 28.0. The second-order valence-electron chi connectivity index (χ2n) is 12.9. The molecule has 2 aliphatic heterocycles. The van der Waals surface area contributed by atoms with E-state index in [1.165, 1.54) is 27.8 Å². The van der Waals surface area contributed by atoms with Gasteiger partial charge in [-0.25, -0.2) is 0 Å². The first-order chi connectivity index (χ1) is 20.8. The van der Waals surface area contributed by atoms with E-state index in [2.05, 4.69) is 53.6 Å². The first-order valence-corrected chi connectivity index (χ1v) is 16.1. The topological polar surface area (TPSA) is 105 Å². The molecule has 8 nitrogen and oxygen atoms in total. The molecule has 2 aliphatic rings. The highest BCUT2D eigenvalue weighted by molar-refractivity contribution is 6.45. The van der Waals surface area contributed by atoms with Gasteiger partial charge in [0.25, 0.3) is 0 Å². The number of rotatable bonds is 8. The van der Waals surface area contributed by atoms with Crippen molar-refractivity contribution in [3.05, 3.63) is 64.7 Å². The molecule has 1 saturated heterocycles. The van der Waals surface area contributed by atoms with Gasteiger partial charge in [-0.3, -0.25) is 9.59 Å². The number of benzene rings is 2. The number of nitrogens with one attached hydrogen (secondary N) is 2. The van der Waals surface area contributed by atoms with Crippen molar-refractivity contribution in [2.75, 3.05) is 36.8 Å². The van der Waals surface area contributed by atoms with Crippen LogP contribution in [0.1, 0.15) is 75.1 Å². The Labute approximate surface area is 265 Å². The molecule has 0 unspecified atom stereocenters. The summed E-state index contributed by atoms with van der Waals surface area (Å²) in [5, 5.41) is 25.2. The second-order valence-corrected chi connectivity index (χ2v) is 12.9. The largest absolute Gasteiger partial charge is 0.437 e. The highest BCUT2D eigenvalue weighted by Crippen LogP contribution is 2.32. The summed E-state index contributed by atoms with van der Waals surface area (Å²) in [6.45, 7) is 18.9.